The zero-order valence-corrected chi connectivity index (χ0v) is 21.8. The summed E-state index contributed by atoms with van der Waals surface area (Å²) in [5.41, 5.74) is 3.66. The summed E-state index contributed by atoms with van der Waals surface area (Å²) in [6.07, 6.45) is 3.34. The number of hydrogen-bond donors (Lipinski definition) is 0. The molecule has 0 N–H and O–H groups in total. The van der Waals surface area contributed by atoms with Crippen molar-refractivity contribution in [3.8, 4) is 10.4 Å². The van der Waals surface area contributed by atoms with Crippen molar-refractivity contribution in [1.82, 2.24) is 4.90 Å². The maximum absolute atomic E-state index is 12.5. The second kappa shape index (κ2) is 9.80. The first-order chi connectivity index (χ1) is 10.2. The molecule has 0 unspecified atom stereocenters. The topological polar surface area (TPSA) is 20.3 Å². The van der Waals surface area contributed by atoms with Gasteiger partial charge in [0.1, 0.15) is 0 Å². The fourth-order valence-electron chi connectivity index (χ4n) is 2.81. The van der Waals surface area contributed by atoms with E-state index in [2.05, 4.69) is 37.3 Å². The number of amides is 1. The zero-order chi connectivity index (χ0) is 14.8. The molecule has 1 fully saturated rings. The SMILES string of the molecule is CCc1ccc(-c2cc(C)c(C(=O)N3CCCC3)s2)cc1.[CH3-].[Cs+]. The van der Waals surface area contributed by atoms with E-state index in [0.717, 1.165) is 42.8 Å². The van der Waals surface area contributed by atoms with E-state index < -0.39 is 0 Å². The van der Waals surface area contributed by atoms with Crippen LogP contribution in [-0.4, -0.2) is 23.9 Å². The maximum atomic E-state index is 12.5. The molecule has 2 aromatic rings. The number of thiophene rings is 1. The molecule has 1 aliphatic rings. The van der Waals surface area contributed by atoms with Gasteiger partial charge in [0, 0.05) is 18.0 Å². The average molecular weight is 447 g/mol. The Morgan fingerprint density at radius 3 is 2.35 bits per heavy atom. The quantitative estimate of drug-likeness (QED) is 0.660. The Hall–Kier alpha value is 0.442. The molecule has 0 radical (unpaired) electrons. The van der Waals surface area contributed by atoms with Gasteiger partial charge in [-0.15, -0.1) is 11.3 Å². The Morgan fingerprint density at radius 2 is 1.78 bits per heavy atom. The molecule has 118 valence electrons. The van der Waals surface area contributed by atoms with Crippen LogP contribution in [-0.2, 0) is 6.42 Å². The molecule has 1 saturated heterocycles. The zero-order valence-electron chi connectivity index (χ0n) is 14.7. The Balaban J connectivity index is 0.00000132. The number of rotatable bonds is 3. The van der Waals surface area contributed by atoms with E-state index in [1.165, 1.54) is 16.0 Å². The van der Waals surface area contributed by atoms with Crippen molar-refractivity contribution in [1.29, 1.82) is 0 Å². The van der Waals surface area contributed by atoms with Crippen molar-refractivity contribution in [2.45, 2.75) is 33.1 Å². The third kappa shape index (κ3) is 4.97. The van der Waals surface area contributed by atoms with Gasteiger partial charge in [-0.2, -0.15) is 0 Å². The third-order valence-corrected chi connectivity index (χ3v) is 5.43. The normalized spacial score (nSPS) is 13.4. The molecular weight excluding hydrogens is 423 g/mol. The van der Waals surface area contributed by atoms with Gasteiger partial charge in [-0.3, -0.25) is 4.79 Å². The monoisotopic (exact) mass is 447 g/mol. The van der Waals surface area contributed by atoms with Gasteiger partial charge >= 0.3 is 68.9 Å². The third-order valence-electron chi connectivity index (χ3n) is 4.15. The molecule has 1 aliphatic heterocycles. The Bertz CT molecular complexity index is 642. The van der Waals surface area contributed by atoms with Gasteiger partial charge in [0.05, 0.1) is 4.88 Å². The van der Waals surface area contributed by atoms with Crippen molar-refractivity contribution >= 4 is 17.2 Å². The van der Waals surface area contributed by atoms with Crippen LogP contribution in [0.15, 0.2) is 30.3 Å². The molecular formula is C19H24CsNOS. The van der Waals surface area contributed by atoms with Gasteiger partial charge in [-0.1, -0.05) is 31.2 Å². The molecule has 2 heterocycles. The number of benzene rings is 1. The second-order valence-electron chi connectivity index (χ2n) is 5.67. The predicted molar refractivity (Wildman–Crippen MR) is 95.4 cm³/mol. The van der Waals surface area contributed by atoms with Crippen LogP contribution in [0.1, 0.15) is 40.6 Å². The number of carbonyl (C=O) groups excluding carboxylic acids is 1. The fraction of sp³-hybridized carbons (Fsp3) is 0.368. The summed E-state index contributed by atoms with van der Waals surface area (Å²) in [4.78, 5) is 16.6. The molecule has 2 nitrogen and oxygen atoms in total. The van der Waals surface area contributed by atoms with E-state index in [1.807, 2.05) is 11.8 Å². The van der Waals surface area contributed by atoms with E-state index in [4.69, 9.17) is 0 Å². The first-order valence-corrected chi connectivity index (χ1v) is 8.49. The smallest absolute Gasteiger partial charge is 0.358 e. The minimum Gasteiger partial charge on any atom is -0.358 e. The first-order valence-electron chi connectivity index (χ1n) is 7.68. The second-order valence-corrected chi connectivity index (χ2v) is 6.72. The molecule has 1 aromatic heterocycles. The van der Waals surface area contributed by atoms with E-state index in [-0.39, 0.29) is 82.2 Å². The molecule has 0 saturated carbocycles. The van der Waals surface area contributed by atoms with E-state index in [1.54, 1.807) is 11.3 Å². The van der Waals surface area contributed by atoms with Gasteiger partial charge in [-0.05, 0) is 48.9 Å². The van der Waals surface area contributed by atoms with Crippen LogP contribution >= 0.6 is 11.3 Å². The van der Waals surface area contributed by atoms with E-state index >= 15 is 0 Å². The van der Waals surface area contributed by atoms with Crippen LogP contribution in [0.4, 0.5) is 0 Å². The number of hydrogen-bond acceptors (Lipinski definition) is 2. The maximum Gasteiger partial charge on any atom is 1.00 e. The Kier molecular flexibility index (Phi) is 9.16. The summed E-state index contributed by atoms with van der Waals surface area (Å²) >= 11 is 1.63. The van der Waals surface area contributed by atoms with Crippen LogP contribution in [0.3, 0.4) is 0 Å². The molecule has 0 bridgehead atoms. The molecule has 1 aromatic carbocycles. The van der Waals surface area contributed by atoms with Crippen molar-refractivity contribution in [2.75, 3.05) is 13.1 Å². The van der Waals surface area contributed by atoms with E-state index in [0.29, 0.717) is 0 Å². The van der Waals surface area contributed by atoms with Crippen molar-refractivity contribution in [3.05, 3.63) is 53.8 Å². The fourth-order valence-corrected chi connectivity index (χ4v) is 3.95. The van der Waals surface area contributed by atoms with Crippen molar-refractivity contribution in [2.24, 2.45) is 0 Å². The standard InChI is InChI=1S/C18H21NOS.CH3.Cs/c1-3-14-6-8-15(9-7-14)16-12-13(2)17(21-16)18(20)19-10-4-5-11-19;;/h6-9,12H,3-5,10-11H2,1-2H3;1H3;/q;-1;+1. The van der Waals surface area contributed by atoms with Crippen molar-refractivity contribution < 1.29 is 73.7 Å². The van der Waals surface area contributed by atoms with Crippen LogP contribution in [0.25, 0.3) is 10.4 Å². The number of likely N-dealkylation sites (tertiary alicyclic amines) is 1. The summed E-state index contributed by atoms with van der Waals surface area (Å²) < 4.78 is 0. The molecule has 0 spiro atoms. The van der Waals surface area contributed by atoms with Gasteiger partial charge in [0.2, 0.25) is 0 Å². The van der Waals surface area contributed by atoms with Crippen LogP contribution in [0, 0.1) is 14.4 Å². The minimum atomic E-state index is 0. The van der Waals surface area contributed by atoms with Crippen LogP contribution < -0.4 is 68.9 Å². The Morgan fingerprint density at radius 1 is 1.17 bits per heavy atom. The summed E-state index contributed by atoms with van der Waals surface area (Å²) in [5, 5.41) is 0. The van der Waals surface area contributed by atoms with Crippen LogP contribution in [0.2, 0.25) is 0 Å². The van der Waals surface area contributed by atoms with Crippen LogP contribution in [0.5, 0.6) is 0 Å². The number of aryl methyl sites for hydroxylation is 2. The van der Waals surface area contributed by atoms with Crippen molar-refractivity contribution in [3.63, 3.8) is 0 Å². The average Bonchev–Trinajstić information content (AvgIpc) is 3.16. The van der Waals surface area contributed by atoms with Gasteiger partial charge < -0.3 is 12.3 Å². The summed E-state index contributed by atoms with van der Waals surface area (Å²) in [6.45, 7) is 6.04. The molecule has 0 atom stereocenters. The minimum absolute atomic E-state index is 0. The largest absolute Gasteiger partial charge is 1.00 e. The van der Waals surface area contributed by atoms with Gasteiger partial charge in [-0.25, -0.2) is 0 Å². The first kappa shape index (κ1) is 21.5. The summed E-state index contributed by atoms with van der Waals surface area (Å²) in [6, 6.07) is 10.8. The number of nitrogens with zero attached hydrogens (tertiary/aromatic N) is 1. The molecule has 23 heavy (non-hydrogen) atoms. The van der Waals surface area contributed by atoms with E-state index in [9.17, 15) is 4.79 Å². The van der Waals surface area contributed by atoms with Gasteiger partial charge in [0.25, 0.3) is 5.91 Å². The molecule has 4 heteroatoms. The molecule has 3 rings (SSSR count). The Labute approximate surface area is 203 Å². The summed E-state index contributed by atoms with van der Waals surface area (Å²) in [7, 11) is 0. The molecule has 0 aliphatic carbocycles. The summed E-state index contributed by atoms with van der Waals surface area (Å²) in [5.74, 6) is 0.214. The molecule has 1 amide bonds. The van der Waals surface area contributed by atoms with Gasteiger partial charge in [0.15, 0.2) is 0 Å². The predicted octanol–water partition coefficient (Wildman–Crippen LogP) is 1.98. The number of carbonyl (C=O) groups is 1.